The molecule has 1 saturated heterocycles. The van der Waals surface area contributed by atoms with Crippen LogP contribution < -0.4 is 10.2 Å². The number of aromatic nitrogens is 1. The van der Waals surface area contributed by atoms with Gasteiger partial charge in [-0.05, 0) is 48.7 Å². The molecule has 2 heterocycles. The van der Waals surface area contributed by atoms with Crippen LogP contribution in [0.25, 0.3) is 16.3 Å². The fourth-order valence-corrected chi connectivity index (χ4v) is 4.03. The van der Waals surface area contributed by atoms with Crippen molar-refractivity contribution in [3.63, 3.8) is 0 Å². The van der Waals surface area contributed by atoms with E-state index in [0.29, 0.717) is 6.54 Å². The van der Waals surface area contributed by atoms with Gasteiger partial charge in [-0.2, -0.15) is 0 Å². The fourth-order valence-electron chi connectivity index (χ4n) is 3.16. The van der Waals surface area contributed by atoms with E-state index in [0.717, 1.165) is 33.9 Å². The third-order valence-corrected chi connectivity index (χ3v) is 5.56. The first-order valence-electron chi connectivity index (χ1n) is 8.93. The van der Waals surface area contributed by atoms with Crippen molar-refractivity contribution < 1.29 is 4.79 Å². The predicted octanol–water partition coefficient (Wildman–Crippen LogP) is 4.23. The Morgan fingerprint density at radius 1 is 1.12 bits per heavy atom. The fraction of sp³-hybridized carbons (Fsp3) is 0.238. The molecule has 4 nitrogen and oxygen atoms in total. The van der Waals surface area contributed by atoms with Gasteiger partial charge in [0.2, 0.25) is 5.91 Å². The summed E-state index contributed by atoms with van der Waals surface area (Å²) < 4.78 is 1.13. The highest BCUT2D eigenvalue weighted by molar-refractivity contribution is 7.19. The number of thiazole rings is 1. The van der Waals surface area contributed by atoms with Gasteiger partial charge in [-0.25, -0.2) is 4.98 Å². The van der Waals surface area contributed by atoms with Crippen LogP contribution in [0.1, 0.15) is 23.4 Å². The average molecular weight is 363 g/mol. The number of carbonyl (C=O) groups excluding carboxylic acids is 1. The number of fused-ring (bicyclic) bond motifs is 1. The summed E-state index contributed by atoms with van der Waals surface area (Å²) in [5.41, 5.74) is 3.35. The predicted molar refractivity (Wildman–Crippen MR) is 108 cm³/mol. The van der Waals surface area contributed by atoms with Gasteiger partial charge < -0.3 is 10.2 Å². The third kappa shape index (κ3) is 3.94. The van der Waals surface area contributed by atoms with Crippen molar-refractivity contribution in [2.45, 2.75) is 19.4 Å². The molecule has 0 spiro atoms. The molecule has 26 heavy (non-hydrogen) atoms. The molecule has 4 rings (SSSR count). The van der Waals surface area contributed by atoms with E-state index in [1.165, 1.54) is 18.5 Å². The number of rotatable bonds is 5. The Kier molecular flexibility index (Phi) is 4.97. The summed E-state index contributed by atoms with van der Waals surface area (Å²) in [6, 6.07) is 16.4. The van der Waals surface area contributed by atoms with E-state index in [1.54, 1.807) is 23.5 Å². The van der Waals surface area contributed by atoms with E-state index in [9.17, 15) is 4.79 Å². The number of para-hydroxylation sites is 1. The monoisotopic (exact) mass is 363 g/mol. The molecule has 1 aliphatic rings. The molecule has 0 bridgehead atoms. The quantitative estimate of drug-likeness (QED) is 0.690. The Hall–Kier alpha value is -2.66. The second-order valence-corrected chi connectivity index (χ2v) is 7.49. The molecule has 1 aliphatic heterocycles. The zero-order valence-corrected chi connectivity index (χ0v) is 15.3. The van der Waals surface area contributed by atoms with Crippen LogP contribution in [0.5, 0.6) is 0 Å². The molecule has 0 saturated carbocycles. The molecular weight excluding hydrogens is 342 g/mol. The van der Waals surface area contributed by atoms with Gasteiger partial charge in [-0.15, -0.1) is 11.3 Å². The van der Waals surface area contributed by atoms with Crippen molar-refractivity contribution in [2.75, 3.05) is 18.0 Å². The first kappa shape index (κ1) is 16.8. The van der Waals surface area contributed by atoms with Crippen LogP contribution in [0.3, 0.4) is 0 Å². The zero-order chi connectivity index (χ0) is 17.8. The smallest absolute Gasteiger partial charge is 0.244 e. The Morgan fingerprint density at radius 3 is 2.65 bits per heavy atom. The minimum absolute atomic E-state index is 0.104. The molecule has 0 radical (unpaired) electrons. The topological polar surface area (TPSA) is 45.2 Å². The lowest BCUT2D eigenvalue weighted by Gasteiger charge is -2.17. The zero-order valence-electron chi connectivity index (χ0n) is 14.5. The van der Waals surface area contributed by atoms with E-state index < -0.39 is 0 Å². The molecule has 5 heteroatoms. The number of hydrogen-bond donors (Lipinski definition) is 1. The van der Waals surface area contributed by atoms with Crippen molar-refractivity contribution in [3.8, 4) is 0 Å². The molecule has 0 aliphatic carbocycles. The highest BCUT2D eigenvalue weighted by atomic mass is 32.1. The van der Waals surface area contributed by atoms with Crippen LogP contribution in [0.15, 0.2) is 54.6 Å². The van der Waals surface area contributed by atoms with E-state index in [1.807, 2.05) is 24.3 Å². The van der Waals surface area contributed by atoms with E-state index in [4.69, 9.17) is 0 Å². The number of hydrogen-bond acceptors (Lipinski definition) is 4. The Bertz CT molecular complexity index is 891. The van der Waals surface area contributed by atoms with Crippen LogP contribution in [0.4, 0.5) is 5.69 Å². The van der Waals surface area contributed by atoms with Crippen LogP contribution in [-0.4, -0.2) is 24.0 Å². The van der Waals surface area contributed by atoms with Crippen molar-refractivity contribution in [1.82, 2.24) is 10.3 Å². The number of benzene rings is 2. The molecule has 0 atom stereocenters. The summed E-state index contributed by atoms with van der Waals surface area (Å²) in [5.74, 6) is -0.104. The lowest BCUT2D eigenvalue weighted by molar-refractivity contribution is -0.116. The average Bonchev–Trinajstić information content (AvgIpc) is 3.34. The minimum atomic E-state index is -0.104. The van der Waals surface area contributed by atoms with Gasteiger partial charge in [-0.3, -0.25) is 4.79 Å². The van der Waals surface area contributed by atoms with Crippen molar-refractivity contribution in [1.29, 1.82) is 0 Å². The van der Waals surface area contributed by atoms with Crippen molar-refractivity contribution in [2.24, 2.45) is 0 Å². The summed E-state index contributed by atoms with van der Waals surface area (Å²) >= 11 is 1.58. The van der Waals surface area contributed by atoms with Crippen LogP contribution in [0, 0.1) is 0 Å². The van der Waals surface area contributed by atoms with E-state index in [-0.39, 0.29) is 5.91 Å². The number of carbonyl (C=O) groups is 1. The SMILES string of the molecule is O=C(/C=C/c1nc2ccccc2s1)NCc1ccc(N2CCCC2)cc1. The number of anilines is 1. The maximum absolute atomic E-state index is 12.1. The molecule has 1 N–H and O–H groups in total. The third-order valence-electron chi connectivity index (χ3n) is 4.56. The molecule has 3 aromatic rings. The first-order valence-corrected chi connectivity index (χ1v) is 9.75. The van der Waals surface area contributed by atoms with Crippen molar-refractivity contribution >= 4 is 39.2 Å². The number of nitrogens with zero attached hydrogens (tertiary/aromatic N) is 2. The van der Waals surface area contributed by atoms with Crippen molar-refractivity contribution in [3.05, 3.63) is 65.2 Å². The molecule has 1 fully saturated rings. The van der Waals surface area contributed by atoms with Crippen LogP contribution >= 0.6 is 11.3 Å². The van der Waals surface area contributed by atoms with Gasteiger partial charge >= 0.3 is 0 Å². The van der Waals surface area contributed by atoms with E-state index >= 15 is 0 Å². The largest absolute Gasteiger partial charge is 0.372 e. The van der Waals surface area contributed by atoms with Gasteiger partial charge in [0.15, 0.2) is 0 Å². The van der Waals surface area contributed by atoms with E-state index in [2.05, 4.69) is 39.5 Å². The van der Waals surface area contributed by atoms with Gasteiger partial charge in [0, 0.05) is 31.4 Å². The molecule has 132 valence electrons. The summed E-state index contributed by atoms with van der Waals surface area (Å²) in [6.07, 6.45) is 5.88. The van der Waals surface area contributed by atoms with Crippen LogP contribution in [0.2, 0.25) is 0 Å². The molecular formula is C21H21N3OS. The Balaban J connectivity index is 1.31. The highest BCUT2D eigenvalue weighted by Crippen LogP contribution is 2.22. The molecule has 0 unspecified atom stereocenters. The standard InChI is InChI=1S/C21H21N3OS/c25-20(11-12-21-23-18-5-1-2-6-19(18)26-21)22-15-16-7-9-17(10-8-16)24-13-3-4-14-24/h1-2,5-12H,3-4,13-15H2,(H,22,25)/b12-11+. The van der Waals surface area contributed by atoms with Gasteiger partial charge in [-0.1, -0.05) is 24.3 Å². The number of nitrogens with one attached hydrogen (secondary N) is 1. The second kappa shape index (κ2) is 7.70. The van der Waals surface area contributed by atoms with Gasteiger partial charge in [0.05, 0.1) is 10.2 Å². The molecule has 1 amide bonds. The highest BCUT2D eigenvalue weighted by Gasteiger charge is 2.11. The lowest BCUT2D eigenvalue weighted by atomic mass is 10.2. The summed E-state index contributed by atoms with van der Waals surface area (Å²) in [6.45, 7) is 2.82. The first-order chi connectivity index (χ1) is 12.8. The summed E-state index contributed by atoms with van der Waals surface area (Å²) in [4.78, 5) is 19.0. The van der Waals surface area contributed by atoms with Crippen LogP contribution in [-0.2, 0) is 11.3 Å². The van der Waals surface area contributed by atoms with Gasteiger partial charge in [0.25, 0.3) is 0 Å². The summed E-state index contributed by atoms with van der Waals surface area (Å²) in [5, 5.41) is 3.77. The maximum Gasteiger partial charge on any atom is 0.244 e. The normalized spacial score (nSPS) is 14.4. The molecule has 1 aromatic heterocycles. The van der Waals surface area contributed by atoms with Gasteiger partial charge in [0.1, 0.15) is 5.01 Å². The Labute approximate surface area is 157 Å². The number of amides is 1. The summed E-state index contributed by atoms with van der Waals surface area (Å²) in [7, 11) is 0. The lowest BCUT2D eigenvalue weighted by Crippen LogP contribution is -2.20. The maximum atomic E-state index is 12.1. The Morgan fingerprint density at radius 2 is 1.88 bits per heavy atom. The second-order valence-electron chi connectivity index (χ2n) is 6.43. The molecule has 2 aromatic carbocycles. The minimum Gasteiger partial charge on any atom is -0.372 e.